The van der Waals surface area contributed by atoms with Crippen LogP contribution < -0.4 is 12.4 Å². The van der Waals surface area contributed by atoms with Crippen molar-refractivity contribution in [2.24, 2.45) is 0 Å². The normalized spacial score (nSPS) is 4.33. The fourth-order valence-corrected chi connectivity index (χ4v) is 0. The van der Waals surface area contributed by atoms with Gasteiger partial charge in [-0.3, -0.25) is 0 Å². The molecule has 0 heterocycles. The first-order chi connectivity index (χ1) is 1.73. The summed E-state index contributed by atoms with van der Waals surface area (Å²) in [6.07, 6.45) is 0. The van der Waals surface area contributed by atoms with Gasteiger partial charge in [-0.05, 0) is 0 Å². The van der Waals surface area contributed by atoms with Gasteiger partial charge >= 0.3 is 0 Å². The van der Waals surface area contributed by atoms with Gasteiger partial charge in [-0.1, -0.05) is 0 Å². The Bertz CT molecular complexity index is 31.8. The number of halogens is 2. The Kier molecular flexibility index (Phi) is 24.4. The molecule has 0 rings (SSSR count). The summed E-state index contributed by atoms with van der Waals surface area (Å²) in [5, 5.41) is 0. The largest absolute Gasteiger partial charge is 1.00 e. The highest BCUT2D eigenvalue weighted by molar-refractivity contribution is 5.85. The van der Waals surface area contributed by atoms with E-state index in [4.69, 9.17) is 0 Å². The third kappa shape index (κ3) is 718. The van der Waals surface area contributed by atoms with Gasteiger partial charge in [0.25, 0.3) is 0 Å². The van der Waals surface area contributed by atoms with Crippen LogP contribution in [0.2, 0.25) is 0 Å². The van der Waals surface area contributed by atoms with Crippen molar-refractivity contribution in [2.75, 3.05) is 14.1 Å². The highest BCUT2D eigenvalue weighted by Crippen LogP contribution is 1.30. The van der Waals surface area contributed by atoms with Crippen molar-refractivity contribution in [3.63, 3.8) is 0 Å². The van der Waals surface area contributed by atoms with Crippen molar-refractivity contribution >= 4 is 19.1 Å². The lowest BCUT2D eigenvalue weighted by Crippen LogP contribution is -3.00. The number of nitrogens with zero attached hydrogens (tertiary/aromatic N) is 1. The maximum atomic E-state index is 3.47. The van der Waals surface area contributed by atoms with Gasteiger partial charge in [-0.25, -0.2) is 4.58 Å². The Labute approximate surface area is 50.9 Å². The second-order valence-corrected chi connectivity index (χ2v) is 1.08. The molecule has 0 atom stereocenters. The van der Waals surface area contributed by atoms with E-state index >= 15 is 0 Å². The van der Waals surface area contributed by atoms with E-state index in [2.05, 4.69) is 6.72 Å². The molecule has 0 aromatic carbocycles. The van der Waals surface area contributed by atoms with Crippen LogP contribution in [0.1, 0.15) is 0 Å². The highest BCUT2D eigenvalue weighted by Gasteiger charge is 1.53. The van der Waals surface area contributed by atoms with E-state index < -0.39 is 0 Å². The zero-order valence-electron chi connectivity index (χ0n) is 3.94. The minimum absolute atomic E-state index is 0. The molecule has 0 aliphatic rings. The molecular weight excluding hydrogens is 121 g/mol. The van der Waals surface area contributed by atoms with Crippen LogP contribution in [0, 0.1) is 0 Å². The number of hydrogen-bond acceptors (Lipinski definition) is 0. The summed E-state index contributed by atoms with van der Waals surface area (Å²) in [6, 6.07) is 0. The van der Waals surface area contributed by atoms with E-state index in [1.165, 1.54) is 0 Å². The van der Waals surface area contributed by atoms with Crippen LogP contribution in [0.3, 0.4) is 0 Å². The molecule has 0 unspecified atom stereocenters. The van der Waals surface area contributed by atoms with Crippen LogP contribution in [0.5, 0.6) is 0 Å². The van der Waals surface area contributed by atoms with Crippen LogP contribution in [0.25, 0.3) is 0 Å². The summed E-state index contributed by atoms with van der Waals surface area (Å²) < 4.78 is 1.75. The molecule has 0 spiro atoms. The highest BCUT2D eigenvalue weighted by atomic mass is 35.5. The van der Waals surface area contributed by atoms with Gasteiger partial charge in [0.15, 0.2) is 0 Å². The second kappa shape index (κ2) is 8.98. The standard InChI is InChI=1S/C3H8N.2ClH/c1-4(2)3;;/h1H2,2-3H3;2*1H/q+1;;/p-1. The number of hydrogen-bond donors (Lipinski definition) is 0. The molecule has 0 aromatic heterocycles. The van der Waals surface area contributed by atoms with E-state index in [0.29, 0.717) is 0 Å². The van der Waals surface area contributed by atoms with Gasteiger partial charge < -0.3 is 12.4 Å². The summed E-state index contributed by atoms with van der Waals surface area (Å²) >= 11 is 0. The van der Waals surface area contributed by atoms with Crippen molar-refractivity contribution < 1.29 is 17.0 Å². The maximum absolute atomic E-state index is 3.47. The van der Waals surface area contributed by atoms with Crippen LogP contribution >= 0.6 is 12.4 Å². The van der Waals surface area contributed by atoms with E-state index in [1.807, 2.05) is 14.1 Å². The molecule has 0 aliphatic carbocycles. The van der Waals surface area contributed by atoms with E-state index in [0.717, 1.165) is 0 Å². The summed E-state index contributed by atoms with van der Waals surface area (Å²) in [5.41, 5.74) is 0. The second-order valence-electron chi connectivity index (χ2n) is 1.08. The topological polar surface area (TPSA) is 3.01 Å². The van der Waals surface area contributed by atoms with Crippen LogP contribution in [0.4, 0.5) is 0 Å². The molecule has 6 heavy (non-hydrogen) atoms. The molecule has 0 saturated heterocycles. The lowest BCUT2D eigenvalue weighted by atomic mass is 11.1. The molecule has 0 amide bonds. The van der Waals surface area contributed by atoms with Gasteiger partial charge in [0.05, 0.1) is 0 Å². The Morgan fingerprint density at radius 2 is 1.33 bits per heavy atom. The summed E-state index contributed by atoms with van der Waals surface area (Å²) in [6.45, 7) is 3.47. The maximum Gasteiger partial charge on any atom is 0.131 e. The van der Waals surface area contributed by atoms with Crippen molar-refractivity contribution in [1.82, 2.24) is 0 Å². The SMILES string of the molecule is C=[N+](C)C.Cl.[Cl-]. The summed E-state index contributed by atoms with van der Waals surface area (Å²) in [5.74, 6) is 0. The number of rotatable bonds is 0. The fourth-order valence-electron chi connectivity index (χ4n) is 0. The van der Waals surface area contributed by atoms with Crippen LogP contribution in [-0.2, 0) is 0 Å². The molecule has 0 aliphatic heterocycles. The predicted molar refractivity (Wildman–Crippen MR) is 26.5 cm³/mol. The molecular formula is C3H9Cl2N. The molecule has 0 bridgehead atoms. The van der Waals surface area contributed by atoms with E-state index in [9.17, 15) is 0 Å². The molecule has 0 aromatic rings. The molecule has 1 nitrogen and oxygen atoms in total. The van der Waals surface area contributed by atoms with Gasteiger partial charge in [0.1, 0.15) is 20.8 Å². The molecule has 0 fully saturated rings. The van der Waals surface area contributed by atoms with Crippen LogP contribution in [-0.4, -0.2) is 25.4 Å². The monoisotopic (exact) mass is 129 g/mol. The minimum atomic E-state index is 0. The Morgan fingerprint density at radius 1 is 1.33 bits per heavy atom. The fraction of sp³-hybridized carbons (Fsp3) is 0.667. The predicted octanol–water partition coefficient (Wildman–Crippen LogP) is -2.62. The zero-order chi connectivity index (χ0) is 3.58. The molecule has 3 heteroatoms. The lowest BCUT2D eigenvalue weighted by Gasteiger charge is -1.65. The smallest absolute Gasteiger partial charge is 0.131 e. The van der Waals surface area contributed by atoms with Crippen molar-refractivity contribution in [3.8, 4) is 0 Å². The zero-order valence-corrected chi connectivity index (χ0v) is 5.51. The average Bonchev–Trinajstić information content (AvgIpc) is 0.811. The van der Waals surface area contributed by atoms with Crippen molar-refractivity contribution in [2.45, 2.75) is 0 Å². The molecule has 0 radical (unpaired) electrons. The van der Waals surface area contributed by atoms with Gasteiger partial charge in [-0.2, -0.15) is 0 Å². The molecule has 0 saturated carbocycles. The Hall–Kier alpha value is 0.250. The first kappa shape index (κ1) is 16.3. The lowest BCUT2D eigenvalue weighted by molar-refractivity contribution is -0.454. The summed E-state index contributed by atoms with van der Waals surface area (Å²) in [7, 11) is 3.78. The Balaban J connectivity index is -0.0000000450. The first-order valence-electron chi connectivity index (χ1n) is 1.21. The molecule has 40 valence electrons. The average molecular weight is 130 g/mol. The Morgan fingerprint density at radius 3 is 1.33 bits per heavy atom. The quantitative estimate of drug-likeness (QED) is 0.249. The van der Waals surface area contributed by atoms with Gasteiger partial charge in [0, 0.05) is 0 Å². The first-order valence-corrected chi connectivity index (χ1v) is 1.21. The van der Waals surface area contributed by atoms with E-state index in [1.54, 1.807) is 4.58 Å². The molecule has 0 N–H and O–H groups in total. The third-order valence-corrected chi connectivity index (χ3v) is 0. The van der Waals surface area contributed by atoms with E-state index in [-0.39, 0.29) is 24.8 Å². The van der Waals surface area contributed by atoms with Crippen molar-refractivity contribution in [3.05, 3.63) is 0 Å². The third-order valence-electron chi connectivity index (χ3n) is 0. The van der Waals surface area contributed by atoms with Gasteiger partial charge in [-0.15, -0.1) is 12.4 Å². The minimum Gasteiger partial charge on any atom is -1.00 e. The van der Waals surface area contributed by atoms with Crippen LogP contribution in [0.15, 0.2) is 0 Å². The van der Waals surface area contributed by atoms with Crippen molar-refractivity contribution in [1.29, 1.82) is 0 Å². The summed E-state index contributed by atoms with van der Waals surface area (Å²) in [4.78, 5) is 0. The van der Waals surface area contributed by atoms with Gasteiger partial charge in [0.2, 0.25) is 0 Å².